The molecule has 0 aromatic rings. The lowest BCUT2D eigenvalue weighted by Gasteiger charge is -2.18. The Labute approximate surface area is 479 Å². The van der Waals surface area contributed by atoms with Crippen LogP contribution in [0.2, 0.25) is 0 Å². The van der Waals surface area contributed by atoms with Crippen LogP contribution in [-0.4, -0.2) is 37.2 Å². The number of esters is 3. The molecule has 6 heteroatoms. The summed E-state index contributed by atoms with van der Waals surface area (Å²) in [7, 11) is 0. The SMILES string of the molecule is CCCCCCC/C=C\C/C=C\C/C=C\CCCCCCCCCCC(=O)OC(COC(=O)CCCCCCCCCCCCC)COC(=O)CCCCCCCCCCCCCCC/C=C\C/C=C\CCCCCCC. The maximum absolute atomic E-state index is 12.9. The molecular weight excluding hydrogens is 949 g/mol. The molecule has 1 atom stereocenters. The van der Waals surface area contributed by atoms with Gasteiger partial charge in [-0.2, -0.15) is 0 Å². The van der Waals surface area contributed by atoms with Gasteiger partial charge in [-0.25, -0.2) is 0 Å². The van der Waals surface area contributed by atoms with Gasteiger partial charge in [0.1, 0.15) is 13.2 Å². The van der Waals surface area contributed by atoms with Crippen molar-refractivity contribution in [2.45, 2.75) is 361 Å². The maximum atomic E-state index is 12.9. The summed E-state index contributed by atoms with van der Waals surface area (Å²) in [4.78, 5) is 38.3. The Morgan fingerprint density at radius 3 is 0.727 bits per heavy atom. The lowest BCUT2D eigenvalue weighted by atomic mass is 10.0. The zero-order valence-corrected chi connectivity index (χ0v) is 51.5. The second-order valence-corrected chi connectivity index (χ2v) is 22.7. The molecule has 77 heavy (non-hydrogen) atoms. The van der Waals surface area contributed by atoms with Gasteiger partial charge < -0.3 is 14.2 Å². The lowest BCUT2D eigenvalue weighted by molar-refractivity contribution is -0.167. The smallest absolute Gasteiger partial charge is 0.306 e. The molecule has 0 aromatic heterocycles. The molecule has 0 aromatic carbocycles. The Hall–Kier alpha value is -2.89. The molecule has 0 N–H and O–H groups in total. The van der Waals surface area contributed by atoms with Gasteiger partial charge in [0, 0.05) is 19.3 Å². The standard InChI is InChI=1S/C71H128O6/c1-4-7-10-13-16-19-22-24-26-28-30-32-34-35-37-38-40-42-44-46-49-52-55-58-61-64-70(73)76-67-68(66-75-69(72)63-60-57-54-51-48-21-18-15-12-9-6-3)77-71(74)65-62-59-56-53-50-47-45-43-41-39-36-33-31-29-27-25-23-20-17-14-11-8-5-2/h22-25,28-31,36,39,68H,4-21,26-27,32-35,37-38,40-67H2,1-3H3/b24-22-,25-23-,30-28-,31-29-,39-36-. The molecule has 0 bridgehead atoms. The van der Waals surface area contributed by atoms with Gasteiger partial charge in [0.15, 0.2) is 6.10 Å². The molecule has 0 aliphatic heterocycles. The molecule has 0 radical (unpaired) electrons. The Morgan fingerprint density at radius 1 is 0.260 bits per heavy atom. The van der Waals surface area contributed by atoms with Gasteiger partial charge in [-0.15, -0.1) is 0 Å². The quantitative estimate of drug-likeness (QED) is 0.0261. The molecule has 0 spiro atoms. The minimum atomic E-state index is -0.777. The summed E-state index contributed by atoms with van der Waals surface area (Å²) >= 11 is 0. The molecule has 6 nitrogen and oxygen atoms in total. The fraction of sp³-hybridized carbons (Fsp3) is 0.817. The van der Waals surface area contributed by atoms with Crippen molar-refractivity contribution < 1.29 is 28.6 Å². The zero-order chi connectivity index (χ0) is 55.7. The monoisotopic (exact) mass is 1080 g/mol. The van der Waals surface area contributed by atoms with Crippen molar-refractivity contribution in [2.75, 3.05) is 13.2 Å². The van der Waals surface area contributed by atoms with E-state index < -0.39 is 6.10 Å². The second-order valence-electron chi connectivity index (χ2n) is 22.7. The predicted molar refractivity (Wildman–Crippen MR) is 335 cm³/mol. The van der Waals surface area contributed by atoms with Crippen LogP contribution in [0.3, 0.4) is 0 Å². The number of rotatable bonds is 62. The van der Waals surface area contributed by atoms with Crippen LogP contribution in [0.5, 0.6) is 0 Å². The van der Waals surface area contributed by atoms with Crippen LogP contribution in [0.15, 0.2) is 60.8 Å². The summed E-state index contributed by atoms with van der Waals surface area (Å²) in [5.41, 5.74) is 0. The van der Waals surface area contributed by atoms with E-state index in [0.29, 0.717) is 19.3 Å². The summed E-state index contributed by atoms with van der Waals surface area (Å²) < 4.78 is 16.9. The van der Waals surface area contributed by atoms with E-state index in [4.69, 9.17) is 14.2 Å². The third kappa shape index (κ3) is 63.8. The zero-order valence-electron chi connectivity index (χ0n) is 51.5. The number of unbranched alkanes of at least 4 members (excludes halogenated alkanes) is 41. The van der Waals surface area contributed by atoms with E-state index in [1.165, 1.54) is 231 Å². The first-order chi connectivity index (χ1) is 38.0. The van der Waals surface area contributed by atoms with E-state index in [-0.39, 0.29) is 31.1 Å². The van der Waals surface area contributed by atoms with E-state index >= 15 is 0 Å². The van der Waals surface area contributed by atoms with Crippen molar-refractivity contribution in [1.29, 1.82) is 0 Å². The first kappa shape index (κ1) is 74.1. The van der Waals surface area contributed by atoms with Gasteiger partial charge in [-0.3, -0.25) is 14.4 Å². The molecule has 0 heterocycles. The number of hydrogen-bond acceptors (Lipinski definition) is 6. The highest BCUT2D eigenvalue weighted by atomic mass is 16.6. The molecular formula is C71H128O6. The van der Waals surface area contributed by atoms with E-state index in [1.807, 2.05) is 0 Å². The third-order valence-corrected chi connectivity index (χ3v) is 15.0. The topological polar surface area (TPSA) is 78.9 Å². The van der Waals surface area contributed by atoms with Crippen LogP contribution in [-0.2, 0) is 28.6 Å². The van der Waals surface area contributed by atoms with Crippen LogP contribution in [0, 0.1) is 0 Å². The number of carbonyl (C=O) groups excluding carboxylic acids is 3. The van der Waals surface area contributed by atoms with E-state index in [1.54, 1.807) is 0 Å². The first-order valence-corrected chi connectivity index (χ1v) is 33.8. The van der Waals surface area contributed by atoms with Crippen molar-refractivity contribution in [1.82, 2.24) is 0 Å². The fourth-order valence-corrected chi connectivity index (χ4v) is 9.89. The minimum Gasteiger partial charge on any atom is -0.462 e. The first-order valence-electron chi connectivity index (χ1n) is 33.8. The minimum absolute atomic E-state index is 0.0738. The fourth-order valence-electron chi connectivity index (χ4n) is 9.89. The molecule has 0 saturated carbocycles. The molecule has 0 aliphatic rings. The van der Waals surface area contributed by atoms with Gasteiger partial charge in [0.2, 0.25) is 0 Å². The predicted octanol–water partition coefficient (Wildman–Crippen LogP) is 23.1. The van der Waals surface area contributed by atoms with E-state index in [9.17, 15) is 14.4 Å². The highest BCUT2D eigenvalue weighted by Crippen LogP contribution is 2.17. The Balaban J connectivity index is 4.25. The van der Waals surface area contributed by atoms with Crippen LogP contribution < -0.4 is 0 Å². The Morgan fingerprint density at radius 2 is 0.468 bits per heavy atom. The van der Waals surface area contributed by atoms with Crippen molar-refractivity contribution in [2.24, 2.45) is 0 Å². The van der Waals surface area contributed by atoms with Crippen molar-refractivity contribution in [3.63, 3.8) is 0 Å². The molecule has 0 amide bonds. The second kappa shape index (κ2) is 65.6. The molecule has 0 saturated heterocycles. The molecule has 0 rings (SSSR count). The van der Waals surface area contributed by atoms with Crippen LogP contribution in [0.4, 0.5) is 0 Å². The number of carbonyl (C=O) groups is 3. The lowest BCUT2D eigenvalue weighted by Crippen LogP contribution is -2.30. The average Bonchev–Trinajstić information content (AvgIpc) is 3.43. The van der Waals surface area contributed by atoms with Gasteiger partial charge >= 0.3 is 17.9 Å². The van der Waals surface area contributed by atoms with Gasteiger partial charge in [0.25, 0.3) is 0 Å². The van der Waals surface area contributed by atoms with Crippen molar-refractivity contribution in [3.05, 3.63) is 60.8 Å². The maximum Gasteiger partial charge on any atom is 0.306 e. The molecule has 0 fully saturated rings. The molecule has 1 unspecified atom stereocenters. The van der Waals surface area contributed by atoms with E-state index in [2.05, 4.69) is 81.5 Å². The summed E-state index contributed by atoms with van der Waals surface area (Å²) in [6.07, 6.45) is 83.8. The number of ether oxygens (including phenoxy) is 3. The normalized spacial score (nSPS) is 12.4. The van der Waals surface area contributed by atoms with E-state index in [0.717, 1.165) is 83.5 Å². The average molecular weight is 1080 g/mol. The Kier molecular flexibility index (Phi) is 63.2. The van der Waals surface area contributed by atoms with Gasteiger partial charge in [-0.1, -0.05) is 306 Å². The summed E-state index contributed by atoms with van der Waals surface area (Å²) in [5.74, 6) is -0.863. The third-order valence-electron chi connectivity index (χ3n) is 15.0. The molecule has 0 aliphatic carbocycles. The van der Waals surface area contributed by atoms with Gasteiger partial charge in [-0.05, 0) is 89.9 Å². The van der Waals surface area contributed by atoms with Gasteiger partial charge in [0.05, 0.1) is 0 Å². The van der Waals surface area contributed by atoms with Crippen LogP contribution in [0.25, 0.3) is 0 Å². The van der Waals surface area contributed by atoms with Crippen molar-refractivity contribution >= 4 is 17.9 Å². The summed E-state index contributed by atoms with van der Waals surface area (Å²) in [6, 6.07) is 0. The Bertz CT molecular complexity index is 1380. The number of allylic oxidation sites excluding steroid dienone is 10. The number of hydrogen-bond donors (Lipinski definition) is 0. The summed E-state index contributed by atoms with van der Waals surface area (Å²) in [5, 5.41) is 0. The highest BCUT2D eigenvalue weighted by molar-refractivity contribution is 5.71. The molecule has 448 valence electrons. The van der Waals surface area contributed by atoms with Crippen LogP contribution in [0.1, 0.15) is 355 Å². The van der Waals surface area contributed by atoms with Crippen LogP contribution >= 0.6 is 0 Å². The largest absolute Gasteiger partial charge is 0.462 e. The summed E-state index contributed by atoms with van der Waals surface area (Å²) in [6.45, 7) is 6.65. The highest BCUT2D eigenvalue weighted by Gasteiger charge is 2.19. The van der Waals surface area contributed by atoms with Crippen molar-refractivity contribution in [3.8, 4) is 0 Å².